The largest absolute Gasteiger partial charge is 0.481 e. The zero-order valence-corrected chi connectivity index (χ0v) is 12.6. The van der Waals surface area contributed by atoms with E-state index in [9.17, 15) is 9.18 Å². The van der Waals surface area contributed by atoms with Gasteiger partial charge in [-0.25, -0.2) is 4.39 Å². The lowest BCUT2D eigenvalue weighted by Gasteiger charge is -2.15. The third-order valence-electron chi connectivity index (χ3n) is 3.54. The summed E-state index contributed by atoms with van der Waals surface area (Å²) in [7, 11) is 0. The first-order valence-electron chi connectivity index (χ1n) is 7.34. The molecule has 0 spiro atoms. The quantitative estimate of drug-likeness (QED) is 0.776. The number of carbonyl (C=O) groups is 1. The maximum Gasteiger partial charge on any atom is 0.265 e. The van der Waals surface area contributed by atoms with Crippen LogP contribution >= 0.6 is 0 Å². The summed E-state index contributed by atoms with van der Waals surface area (Å²) < 4.78 is 18.4. The van der Waals surface area contributed by atoms with Gasteiger partial charge in [-0.1, -0.05) is 36.4 Å². The van der Waals surface area contributed by atoms with Crippen LogP contribution in [-0.2, 0) is 4.79 Å². The number of ether oxygens (including phenoxy) is 1. The van der Waals surface area contributed by atoms with Crippen LogP contribution in [0.1, 0.15) is 6.92 Å². The van der Waals surface area contributed by atoms with Crippen LogP contribution in [-0.4, -0.2) is 12.0 Å². The minimum atomic E-state index is -0.695. The number of anilines is 1. The summed E-state index contributed by atoms with van der Waals surface area (Å²) in [4.78, 5) is 12.3. The van der Waals surface area contributed by atoms with Crippen LogP contribution in [0, 0.1) is 5.82 Å². The Morgan fingerprint density at radius 3 is 2.48 bits per heavy atom. The molecule has 116 valence electrons. The van der Waals surface area contributed by atoms with Crippen LogP contribution in [0.15, 0.2) is 66.7 Å². The predicted octanol–water partition coefficient (Wildman–Crippen LogP) is 4.38. The molecule has 1 atom stereocenters. The summed E-state index contributed by atoms with van der Waals surface area (Å²) in [6.45, 7) is 1.66. The van der Waals surface area contributed by atoms with Crippen molar-refractivity contribution in [3.05, 3.63) is 72.5 Å². The summed E-state index contributed by atoms with van der Waals surface area (Å²) in [6, 6.07) is 19.1. The van der Waals surface area contributed by atoms with Crippen molar-refractivity contribution in [2.75, 3.05) is 5.32 Å². The Morgan fingerprint density at radius 2 is 1.70 bits per heavy atom. The first-order chi connectivity index (χ1) is 11.1. The molecule has 3 nitrogen and oxygen atoms in total. The summed E-state index contributed by atoms with van der Waals surface area (Å²) >= 11 is 0. The van der Waals surface area contributed by atoms with Gasteiger partial charge in [0.2, 0.25) is 0 Å². The Morgan fingerprint density at radius 1 is 1.00 bits per heavy atom. The molecule has 3 rings (SSSR count). The molecule has 0 aliphatic heterocycles. The van der Waals surface area contributed by atoms with E-state index in [0.717, 1.165) is 16.5 Å². The van der Waals surface area contributed by atoms with E-state index in [2.05, 4.69) is 5.32 Å². The average molecular weight is 309 g/mol. The molecule has 0 aromatic heterocycles. The van der Waals surface area contributed by atoms with E-state index >= 15 is 0 Å². The zero-order valence-electron chi connectivity index (χ0n) is 12.6. The second-order valence-electron chi connectivity index (χ2n) is 5.23. The number of carbonyl (C=O) groups excluding carboxylic acids is 1. The van der Waals surface area contributed by atoms with Crippen LogP contribution in [0.4, 0.5) is 10.1 Å². The topological polar surface area (TPSA) is 38.3 Å². The number of halogens is 1. The van der Waals surface area contributed by atoms with Gasteiger partial charge in [-0.2, -0.15) is 0 Å². The van der Waals surface area contributed by atoms with E-state index in [0.29, 0.717) is 5.75 Å². The molecule has 1 N–H and O–H groups in total. The maximum absolute atomic E-state index is 12.9. The van der Waals surface area contributed by atoms with E-state index in [1.807, 2.05) is 42.5 Å². The summed E-state index contributed by atoms with van der Waals surface area (Å²) in [5, 5.41) is 4.90. The van der Waals surface area contributed by atoms with Gasteiger partial charge in [0.25, 0.3) is 5.91 Å². The predicted molar refractivity (Wildman–Crippen MR) is 89.1 cm³/mol. The molecule has 0 bridgehead atoms. The summed E-state index contributed by atoms with van der Waals surface area (Å²) in [5.41, 5.74) is 0.739. The van der Waals surface area contributed by atoms with E-state index in [4.69, 9.17) is 4.74 Å². The number of amides is 1. The number of nitrogens with one attached hydrogen (secondary N) is 1. The Kier molecular flexibility index (Phi) is 4.24. The Bertz CT molecular complexity index is 825. The highest BCUT2D eigenvalue weighted by molar-refractivity contribution is 6.03. The van der Waals surface area contributed by atoms with E-state index < -0.39 is 6.10 Å². The lowest BCUT2D eigenvalue weighted by Crippen LogP contribution is -2.30. The normalized spacial score (nSPS) is 11.9. The van der Waals surface area contributed by atoms with Crippen molar-refractivity contribution in [1.82, 2.24) is 0 Å². The van der Waals surface area contributed by atoms with Crippen molar-refractivity contribution < 1.29 is 13.9 Å². The molecule has 0 saturated heterocycles. The van der Waals surface area contributed by atoms with Crippen LogP contribution < -0.4 is 10.1 Å². The highest BCUT2D eigenvalue weighted by Crippen LogP contribution is 2.23. The molecule has 23 heavy (non-hydrogen) atoms. The fraction of sp³-hybridized carbons (Fsp3) is 0.105. The van der Waals surface area contributed by atoms with Gasteiger partial charge in [-0.3, -0.25) is 4.79 Å². The molecular formula is C19H16FNO2. The fourth-order valence-corrected chi connectivity index (χ4v) is 2.34. The van der Waals surface area contributed by atoms with Gasteiger partial charge in [0.05, 0.1) is 0 Å². The third-order valence-corrected chi connectivity index (χ3v) is 3.54. The van der Waals surface area contributed by atoms with Crippen molar-refractivity contribution in [2.24, 2.45) is 0 Å². The van der Waals surface area contributed by atoms with Gasteiger partial charge >= 0.3 is 0 Å². The highest BCUT2D eigenvalue weighted by Gasteiger charge is 2.15. The zero-order chi connectivity index (χ0) is 16.2. The second kappa shape index (κ2) is 6.48. The third kappa shape index (κ3) is 3.48. The Labute approximate surface area is 133 Å². The van der Waals surface area contributed by atoms with Crippen LogP contribution in [0.2, 0.25) is 0 Å². The van der Waals surface area contributed by atoms with Crippen molar-refractivity contribution in [1.29, 1.82) is 0 Å². The molecule has 0 heterocycles. The molecule has 3 aromatic carbocycles. The lowest BCUT2D eigenvalue weighted by molar-refractivity contribution is -0.122. The van der Waals surface area contributed by atoms with Gasteiger partial charge in [-0.15, -0.1) is 0 Å². The molecule has 1 amide bonds. The smallest absolute Gasteiger partial charge is 0.265 e. The first kappa shape index (κ1) is 15.0. The van der Waals surface area contributed by atoms with Crippen molar-refractivity contribution in [3.8, 4) is 5.75 Å². The summed E-state index contributed by atoms with van der Waals surface area (Å²) in [5.74, 6) is -0.150. The minimum absolute atomic E-state index is 0.259. The van der Waals surface area contributed by atoms with Gasteiger partial charge in [0.1, 0.15) is 11.6 Å². The second-order valence-corrected chi connectivity index (χ2v) is 5.23. The molecule has 0 aliphatic rings. The van der Waals surface area contributed by atoms with Gasteiger partial charge in [0, 0.05) is 11.1 Å². The van der Waals surface area contributed by atoms with Crippen LogP contribution in [0.5, 0.6) is 5.75 Å². The Balaban J connectivity index is 1.74. The molecule has 0 fully saturated rings. The number of benzene rings is 3. The highest BCUT2D eigenvalue weighted by atomic mass is 19.1. The number of rotatable bonds is 4. The van der Waals surface area contributed by atoms with E-state index in [1.165, 1.54) is 24.3 Å². The lowest BCUT2D eigenvalue weighted by atomic mass is 10.1. The first-order valence-corrected chi connectivity index (χ1v) is 7.34. The van der Waals surface area contributed by atoms with Crippen LogP contribution in [0.25, 0.3) is 10.8 Å². The molecule has 0 saturated carbocycles. The van der Waals surface area contributed by atoms with Crippen molar-refractivity contribution in [3.63, 3.8) is 0 Å². The fourth-order valence-electron chi connectivity index (χ4n) is 2.34. The van der Waals surface area contributed by atoms with Crippen molar-refractivity contribution in [2.45, 2.75) is 13.0 Å². The molecule has 0 aliphatic carbocycles. The van der Waals surface area contributed by atoms with Gasteiger partial charge in [-0.05, 0) is 42.6 Å². The SMILES string of the molecule is CC(Oc1ccc(F)cc1)C(=O)Nc1cccc2ccccc12. The van der Waals surface area contributed by atoms with E-state index in [-0.39, 0.29) is 11.7 Å². The molecular weight excluding hydrogens is 293 g/mol. The molecule has 4 heteroatoms. The number of fused-ring (bicyclic) bond motifs is 1. The van der Waals surface area contributed by atoms with Crippen LogP contribution in [0.3, 0.4) is 0 Å². The van der Waals surface area contributed by atoms with Gasteiger partial charge < -0.3 is 10.1 Å². The number of hydrogen-bond donors (Lipinski definition) is 1. The van der Waals surface area contributed by atoms with Crippen molar-refractivity contribution >= 4 is 22.4 Å². The molecule has 0 radical (unpaired) electrons. The van der Waals surface area contributed by atoms with Gasteiger partial charge in [0.15, 0.2) is 6.10 Å². The standard InChI is InChI=1S/C19H16FNO2/c1-13(23-16-11-9-15(20)10-12-16)19(22)21-18-8-4-6-14-5-2-3-7-17(14)18/h2-13H,1H3,(H,21,22). The number of hydrogen-bond acceptors (Lipinski definition) is 2. The Hall–Kier alpha value is -2.88. The molecule has 1 unspecified atom stereocenters. The molecule has 3 aromatic rings. The van der Waals surface area contributed by atoms with E-state index in [1.54, 1.807) is 6.92 Å². The summed E-state index contributed by atoms with van der Waals surface area (Å²) in [6.07, 6.45) is -0.695. The average Bonchev–Trinajstić information content (AvgIpc) is 2.57. The monoisotopic (exact) mass is 309 g/mol. The minimum Gasteiger partial charge on any atom is -0.481 e. The maximum atomic E-state index is 12.9.